The molecule has 2 aromatic heterocycles. The minimum absolute atomic E-state index is 0.702. The molecule has 0 amide bonds. The molecule has 4 aromatic rings. The van der Waals surface area contributed by atoms with Crippen molar-refractivity contribution in [3.8, 4) is 5.69 Å². The third kappa shape index (κ3) is 2.83. The maximum Gasteiger partial charge on any atom is 0.168 e. The van der Waals surface area contributed by atoms with Crippen LogP contribution in [-0.2, 0) is 0 Å². The third-order valence-corrected chi connectivity index (χ3v) is 4.57. The molecule has 0 aliphatic rings. The Labute approximate surface area is 150 Å². The van der Waals surface area contributed by atoms with Crippen molar-refractivity contribution in [2.24, 2.45) is 0 Å². The molecule has 0 bridgehead atoms. The van der Waals surface area contributed by atoms with Crippen LogP contribution in [0, 0.1) is 13.8 Å². The summed E-state index contributed by atoms with van der Waals surface area (Å²) in [6.45, 7) is 4.03. The molecule has 0 radical (unpaired) electrons. The summed E-state index contributed by atoms with van der Waals surface area (Å²) in [4.78, 5) is 8.78. The normalized spacial score (nSPS) is 11.0. The summed E-state index contributed by atoms with van der Waals surface area (Å²) in [5.41, 5.74) is 4.77. The van der Waals surface area contributed by atoms with Crippen molar-refractivity contribution >= 4 is 34.1 Å². The number of aryl methyl sites for hydroxylation is 2. The van der Waals surface area contributed by atoms with E-state index >= 15 is 0 Å². The number of aromatic nitrogens is 4. The number of anilines is 2. The molecular formula is C19H16ClN5. The molecule has 2 heterocycles. The van der Waals surface area contributed by atoms with E-state index < -0.39 is 0 Å². The highest BCUT2D eigenvalue weighted by molar-refractivity contribution is 6.31. The summed E-state index contributed by atoms with van der Waals surface area (Å²) in [7, 11) is 0. The van der Waals surface area contributed by atoms with Gasteiger partial charge in [-0.25, -0.2) is 14.6 Å². The third-order valence-electron chi connectivity index (χ3n) is 4.16. The van der Waals surface area contributed by atoms with E-state index in [4.69, 9.17) is 11.6 Å². The molecule has 0 unspecified atom stereocenters. The van der Waals surface area contributed by atoms with Gasteiger partial charge in [-0.2, -0.15) is 5.10 Å². The van der Waals surface area contributed by atoms with Gasteiger partial charge in [0.15, 0.2) is 5.65 Å². The zero-order chi connectivity index (χ0) is 17.4. The lowest BCUT2D eigenvalue weighted by atomic mass is 10.2. The van der Waals surface area contributed by atoms with Gasteiger partial charge >= 0.3 is 0 Å². The molecule has 2 aromatic carbocycles. The number of fused-ring (bicyclic) bond motifs is 1. The van der Waals surface area contributed by atoms with Gasteiger partial charge in [0.25, 0.3) is 0 Å². The topological polar surface area (TPSA) is 55.6 Å². The lowest BCUT2D eigenvalue weighted by Gasteiger charge is -2.09. The number of hydrogen-bond donors (Lipinski definition) is 1. The van der Waals surface area contributed by atoms with Crippen LogP contribution in [0.4, 0.5) is 11.5 Å². The Kier molecular flexibility index (Phi) is 3.86. The molecule has 0 saturated heterocycles. The maximum atomic E-state index is 6.25. The van der Waals surface area contributed by atoms with Gasteiger partial charge in [0.05, 0.1) is 17.3 Å². The van der Waals surface area contributed by atoms with E-state index in [1.165, 1.54) is 6.33 Å². The number of benzene rings is 2. The van der Waals surface area contributed by atoms with Crippen LogP contribution in [0.25, 0.3) is 16.7 Å². The first-order chi connectivity index (χ1) is 12.1. The van der Waals surface area contributed by atoms with Gasteiger partial charge in [-0.05, 0) is 43.2 Å². The monoisotopic (exact) mass is 349 g/mol. The second-order valence-corrected chi connectivity index (χ2v) is 6.30. The molecule has 5 nitrogen and oxygen atoms in total. The van der Waals surface area contributed by atoms with Crippen molar-refractivity contribution in [1.82, 2.24) is 19.7 Å². The van der Waals surface area contributed by atoms with Crippen LogP contribution in [0.1, 0.15) is 11.1 Å². The minimum atomic E-state index is 0.702. The molecule has 0 aliphatic carbocycles. The molecule has 0 saturated carbocycles. The van der Waals surface area contributed by atoms with Crippen LogP contribution in [-0.4, -0.2) is 19.7 Å². The Morgan fingerprint density at radius 3 is 2.64 bits per heavy atom. The second kappa shape index (κ2) is 6.18. The summed E-state index contributed by atoms with van der Waals surface area (Å²) in [6.07, 6.45) is 3.31. The van der Waals surface area contributed by atoms with E-state index in [2.05, 4.69) is 33.4 Å². The Bertz CT molecular complexity index is 1070. The first-order valence-electron chi connectivity index (χ1n) is 7.91. The molecule has 0 fully saturated rings. The lowest BCUT2D eigenvalue weighted by molar-refractivity contribution is 0.894. The second-order valence-electron chi connectivity index (χ2n) is 5.89. The summed E-state index contributed by atoms with van der Waals surface area (Å²) in [5, 5.41) is 9.40. The molecule has 0 spiro atoms. The Morgan fingerprint density at radius 1 is 1.00 bits per heavy atom. The first kappa shape index (κ1) is 15.6. The Balaban J connectivity index is 1.80. The quantitative estimate of drug-likeness (QED) is 0.575. The molecule has 124 valence electrons. The van der Waals surface area contributed by atoms with Crippen molar-refractivity contribution in [3.63, 3.8) is 0 Å². The molecule has 1 N–H and O–H groups in total. The summed E-state index contributed by atoms with van der Waals surface area (Å²) < 4.78 is 1.77. The highest BCUT2D eigenvalue weighted by Crippen LogP contribution is 2.27. The van der Waals surface area contributed by atoms with E-state index in [-0.39, 0.29) is 0 Å². The number of nitrogens with one attached hydrogen (secondary N) is 1. The SMILES string of the molecule is Cc1ccc(-n2ncc3c(Nc4ccccc4C)ncnc32)cc1Cl. The van der Waals surface area contributed by atoms with Crippen molar-refractivity contribution in [3.05, 3.63) is 71.1 Å². The zero-order valence-corrected chi connectivity index (χ0v) is 14.6. The number of halogens is 1. The van der Waals surface area contributed by atoms with Crippen molar-refractivity contribution in [1.29, 1.82) is 0 Å². The predicted molar refractivity (Wildman–Crippen MR) is 101 cm³/mol. The molecule has 25 heavy (non-hydrogen) atoms. The van der Waals surface area contributed by atoms with Gasteiger partial charge in [0.1, 0.15) is 12.1 Å². The maximum absolute atomic E-state index is 6.25. The van der Waals surface area contributed by atoms with Gasteiger partial charge in [0, 0.05) is 10.7 Å². The first-order valence-corrected chi connectivity index (χ1v) is 8.29. The number of rotatable bonds is 3. The minimum Gasteiger partial charge on any atom is -0.339 e. The Morgan fingerprint density at radius 2 is 1.84 bits per heavy atom. The van der Waals surface area contributed by atoms with E-state index in [0.29, 0.717) is 5.02 Å². The Hall–Kier alpha value is -2.92. The van der Waals surface area contributed by atoms with E-state index in [9.17, 15) is 0 Å². The van der Waals surface area contributed by atoms with Crippen molar-refractivity contribution in [2.45, 2.75) is 13.8 Å². The number of hydrogen-bond acceptors (Lipinski definition) is 4. The van der Waals surface area contributed by atoms with Gasteiger partial charge in [-0.1, -0.05) is 35.9 Å². The highest BCUT2D eigenvalue weighted by Gasteiger charge is 2.12. The van der Waals surface area contributed by atoms with E-state index in [1.54, 1.807) is 10.9 Å². The van der Waals surface area contributed by atoms with Crippen LogP contribution in [0.2, 0.25) is 5.02 Å². The van der Waals surface area contributed by atoms with Gasteiger partial charge < -0.3 is 5.32 Å². The van der Waals surface area contributed by atoms with Crippen LogP contribution in [0.15, 0.2) is 55.0 Å². The molecule has 0 aliphatic heterocycles. The molecule has 4 rings (SSSR count). The van der Waals surface area contributed by atoms with Crippen molar-refractivity contribution in [2.75, 3.05) is 5.32 Å². The van der Waals surface area contributed by atoms with E-state index in [0.717, 1.165) is 39.4 Å². The zero-order valence-electron chi connectivity index (χ0n) is 13.9. The average molecular weight is 350 g/mol. The van der Waals surface area contributed by atoms with E-state index in [1.807, 2.05) is 43.3 Å². The van der Waals surface area contributed by atoms with Crippen LogP contribution in [0.5, 0.6) is 0 Å². The smallest absolute Gasteiger partial charge is 0.168 e. The van der Waals surface area contributed by atoms with Crippen LogP contribution < -0.4 is 5.32 Å². The molecule has 0 atom stereocenters. The fourth-order valence-corrected chi connectivity index (χ4v) is 2.86. The number of para-hydroxylation sites is 1. The summed E-state index contributed by atoms with van der Waals surface area (Å²) in [5.74, 6) is 0.726. The molecule has 6 heteroatoms. The molecular weight excluding hydrogens is 334 g/mol. The highest BCUT2D eigenvalue weighted by atomic mass is 35.5. The van der Waals surface area contributed by atoms with Gasteiger partial charge in [0.2, 0.25) is 0 Å². The van der Waals surface area contributed by atoms with Crippen LogP contribution >= 0.6 is 11.6 Å². The lowest BCUT2D eigenvalue weighted by Crippen LogP contribution is -2.00. The standard InChI is InChI=1S/C19H16ClN5/c1-12-7-8-14(9-16(12)20)25-19-15(10-23-25)18(21-11-22-19)24-17-6-4-3-5-13(17)2/h3-11H,1-2H3,(H,21,22,24). The summed E-state index contributed by atoms with van der Waals surface area (Å²) >= 11 is 6.25. The van der Waals surface area contributed by atoms with Gasteiger partial charge in [-0.3, -0.25) is 0 Å². The average Bonchev–Trinajstić information content (AvgIpc) is 3.04. The van der Waals surface area contributed by atoms with Crippen molar-refractivity contribution < 1.29 is 0 Å². The van der Waals surface area contributed by atoms with Crippen LogP contribution in [0.3, 0.4) is 0 Å². The predicted octanol–water partition coefficient (Wildman–Crippen LogP) is 4.83. The van der Waals surface area contributed by atoms with Gasteiger partial charge in [-0.15, -0.1) is 0 Å². The fraction of sp³-hybridized carbons (Fsp3) is 0.105. The largest absolute Gasteiger partial charge is 0.339 e. The fourth-order valence-electron chi connectivity index (χ4n) is 2.69. The number of nitrogens with zero attached hydrogens (tertiary/aromatic N) is 4. The summed E-state index contributed by atoms with van der Waals surface area (Å²) in [6, 6.07) is 13.9.